The molecule has 7 heteroatoms. The van der Waals surface area contributed by atoms with Crippen LogP contribution in [0.4, 0.5) is 5.69 Å². The molecule has 3 aromatic carbocycles. The average molecular weight is 422 g/mol. The molecule has 2 amide bonds. The molecule has 3 aromatic rings. The second kappa shape index (κ2) is 10.2. The van der Waals surface area contributed by atoms with Gasteiger partial charge in [-0.3, -0.25) is 9.59 Å². The summed E-state index contributed by atoms with van der Waals surface area (Å²) in [6.45, 7) is 2.21. The van der Waals surface area contributed by atoms with Gasteiger partial charge in [-0.25, -0.2) is 5.43 Å². The highest BCUT2D eigenvalue weighted by molar-refractivity contribution is 6.39. The molecular weight excluding hydrogens is 402 g/mol. The summed E-state index contributed by atoms with van der Waals surface area (Å²) in [4.78, 5) is 23.9. The van der Waals surface area contributed by atoms with Crippen LogP contribution in [0.3, 0.4) is 0 Å². The van der Waals surface area contributed by atoms with Gasteiger partial charge in [-0.05, 0) is 60.5 Å². The minimum absolute atomic E-state index is 0.425. The normalized spacial score (nSPS) is 10.9. The number of hydrogen-bond donors (Lipinski definition) is 2. The maximum absolute atomic E-state index is 12.0. The molecule has 0 aliphatic rings. The standard InChI is InChI=1S/C23H20ClN3O3/c1-16(26-27-23(29)22(28)25-20-9-5-8-19(24)14-20)18-10-12-21(13-11-18)30-15-17-6-3-2-4-7-17/h2-14H,15H2,1H3,(H,25,28)(H,27,29)/b26-16+. The number of amides is 2. The molecule has 0 saturated carbocycles. The third kappa shape index (κ3) is 6.18. The van der Waals surface area contributed by atoms with E-state index in [1.165, 1.54) is 0 Å². The lowest BCUT2D eigenvalue weighted by Gasteiger charge is -2.08. The number of ether oxygens (including phenoxy) is 1. The van der Waals surface area contributed by atoms with Crippen molar-refractivity contribution in [3.63, 3.8) is 0 Å². The van der Waals surface area contributed by atoms with E-state index < -0.39 is 11.8 Å². The van der Waals surface area contributed by atoms with Crippen molar-refractivity contribution >= 4 is 34.8 Å². The Balaban J connectivity index is 1.53. The molecule has 2 N–H and O–H groups in total. The van der Waals surface area contributed by atoms with Gasteiger partial charge in [0.15, 0.2) is 0 Å². The molecule has 0 aliphatic heterocycles. The summed E-state index contributed by atoms with van der Waals surface area (Å²) in [6.07, 6.45) is 0. The van der Waals surface area contributed by atoms with Crippen molar-refractivity contribution in [3.05, 3.63) is 95.0 Å². The topological polar surface area (TPSA) is 79.8 Å². The first-order valence-corrected chi connectivity index (χ1v) is 9.57. The minimum atomic E-state index is -0.878. The molecule has 0 unspecified atom stereocenters. The van der Waals surface area contributed by atoms with Crippen molar-refractivity contribution in [2.75, 3.05) is 5.32 Å². The van der Waals surface area contributed by atoms with Crippen LogP contribution in [0, 0.1) is 0 Å². The fourth-order valence-electron chi connectivity index (χ4n) is 2.54. The summed E-state index contributed by atoms with van der Waals surface area (Å²) in [5, 5.41) is 6.90. The first kappa shape index (κ1) is 21.1. The fourth-order valence-corrected chi connectivity index (χ4v) is 2.73. The summed E-state index contributed by atoms with van der Waals surface area (Å²) in [6, 6.07) is 23.7. The number of hydrogen-bond acceptors (Lipinski definition) is 4. The first-order valence-electron chi connectivity index (χ1n) is 9.19. The number of anilines is 1. The van der Waals surface area contributed by atoms with Crippen LogP contribution in [-0.2, 0) is 16.2 Å². The maximum Gasteiger partial charge on any atom is 0.329 e. The van der Waals surface area contributed by atoms with Crippen molar-refractivity contribution in [2.24, 2.45) is 5.10 Å². The molecule has 0 heterocycles. The molecule has 152 valence electrons. The lowest BCUT2D eigenvalue weighted by atomic mass is 10.1. The van der Waals surface area contributed by atoms with Gasteiger partial charge < -0.3 is 10.1 Å². The molecule has 0 saturated heterocycles. The summed E-state index contributed by atoms with van der Waals surface area (Å²) in [5.74, 6) is -0.990. The maximum atomic E-state index is 12.0. The highest BCUT2D eigenvalue weighted by Crippen LogP contribution is 2.16. The smallest absolute Gasteiger partial charge is 0.329 e. The molecule has 0 atom stereocenters. The van der Waals surface area contributed by atoms with Crippen LogP contribution in [0.5, 0.6) is 5.75 Å². The first-order chi connectivity index (χ1) is 14.5. The highest BCUT2D eigenvalue weighted by atomic mass is 35.5. The van der Waals surface area contributed by atoms with Gasteiger partial charge in [0.1, 0.15) is 12.4 Å². The van der Waals surface area contributed by atoms with Crippen LogP contribution in [0.2, 0.25) is 5.02 Å². The number of hydrazone groups is 1. The quantitative estimate of drug-likeness (QED) is 0.351. The average Bonchev–Trinajstić information content (AvgIpc) is 2.77. The zero-order valence-corrected chi connectivity index (χ0v) is 17.0. The van der Waals surface area contributed by atoms with E-state index in [1.54, 1.807) is 31.2 Å². The summed E-state index contributed by atoms with van der Waals surface area (Å²) in [5.41, 5.74) is 5.10. The molecular formula is C23H20ClN3O3. The van der Waals surface area contributed by atoms with Gasteiger partial charge in [0.2, 0.25) is 0 Å². The predicted molar refractivity (Wildman–Crippen MR) is 118 cm³/mol. The highest BCUT2D eigenvalue weighted by Gasteiger charge is 2.13. The van der Waals surface area contributed by atoms with E-state index in [-0.39, 0.29) is 0 Å². The van der Waals surface area contributed by atoms with Crippen LogP contribution in [0.15, 0.2) is 84.0 Å². The molecule has 0 spiro atoms. The van der Waals surface area contributed by atoms with Crippen LogP contribution in [0.25, 0.3) is 0 Å². The third-order valence-corrected chi connectivity index (χ3v) is 4.37. The Morgan fingerprint density at radius 1 is 0.933 bits per heavy atom. The van der Waals surface area contributed by atoms with Crippen molar-refractivity contribution in [3.8, 4) is 5.75 Å². The van der Waals surface area contributed by atoms with Crippen molar-refractivity contribution < 1.29 is 14.3 Å². The van der Waals surface area contributed by atoms with E-state index in [1.807, 2.05) is 54.6 Å². The molecule has 0 aromatic heterocycles. The van der Waals surface area contributed by atoms with Crippen LogP contribution < -0.4 is 15.5 Å². The summed E-state index contributed by atoms with van der Waals surface area (Å²) >= 11 is 5.86. The Kier molecular flexibility index (Phi) is 7.19. The van der Waals surface area contributed by atoms with E-state index in [2.05, 4.69) is 15.8 Å². The second-order valence-corrected chi connectivity index (χ2v) is 6.84. The number of halogens is 1. The monoisotopic (exact) mass is 421 g/mol. The van der Waals surface area contributed by atoms with Gasteiger partial charge in [0, 0.05) is 10.7 Å². The molecule has 0 bridgehead atoms. The Morgan fingerprint density at radius 2 is 1.67 bits per heavy atom. The number of carbonyl (C=O) groups is 2. The fraction of sp³-hybridized carbons (Fsp3) is 0.0870. The zero-order chi connectivity index (χ0) is 21.3. The SMILES string of the molecule is C/C(=N\NC(=O)C(=O)Nc1cccc(Cl)c1)c1ccc(OCc2ccccc2)cc1. The van der Waals surface area contributed by atoms with E-state index >= 15 is 0 Å². The second-order valence-electron chi connectivity index (χ2n) is 6.40. The predicted octanol–water partition coefficient (Wildman–Crippen LogP) is 4.40. The van der Waals surface area contributed by atoms with Crippen molar-refractivity contribution in [1.29, 1.82) is 0 Å². The van der Waals surface area contributed by atoms with E-state index in [9.17, 15) is 9.59 Å². The Hall–Kier alpha value is -3.64. The lowest BCUT2D eigenvalue weighted by molar-refractivity contribution is -0.136. The van der Waals surface area contributed by atoms with Crippen molar-refractivity contribution in [1.82, 2.24) is 5.43 Å². The number of nitrogens with one attached hydrogen (secondary N) is 2. The van der Waals surface area contributed by atoms with Crippen LogP contribution in [-0.4, -0.2) is 17.5 Å². The third-order valence-electron chi connectivity index (χ3n) is 4.13. The van der Waals surface area contributed by atoms with Gasteiger partial charge in [0.25, 0.3) is 0 Å². The Labute approximate surface area is 179 Å². The van der Waals surface area contributed by atoms with E-state index in [0.29, 0.717) is 23.0 Å². The van der Waals surface area contributed by atoms with Gasteiger partial charge in [-0.1, -0.05) is 48.0 Å². The molecule has 0 aliphatic carbocycles. The summed E-state index contributed by atoms with van der Waals surface area (Å²) < 4.78 is 5.75. The van der Waals surface area contributed by atoms with Gasteiger partial charge in [-0.15, -0.1) is 0 Å². The molecule has 3 rings (SSSR count). The van der Waals surface area contributed by atoms with E-state index in [0.717, 1.165) is 16.9 Å². The molecule has 6 nitrogen and oxygen atoms in total. The van der Waals surface area contributed by atoms with Crippen LogP contribution in [0.1, 0.15) is 18.1 Å². The molecule has 0 radical (unpaired) electrons. The van der Waals surface area contributed by atoms with Gasteiger partial charge >= 0.3 is 11.8 Å². The zero-order valence-electron chi connectivity index (χ0n) is 16.3. The number of rotatable bonds is 6. The Bertz CT molecular complexity index is 1050. The minimum Gasteiger partial charge on any atom is -0.489 e. The van der Waals surface area contributed by atoms with Crippen LogP contribution >= 0.6 is 11.6 Å². The molecule has 30 heavy (non-hydrogen) atoms. The number of benzene rings is 3. The molecule has 0 fully saturated rings. The van der Waals surface area contributed by atoms with Crippen molar-refractivity contribution in [2.45, 2.75) is 13.5 Å². The Morgan fingerprint density at radius 3 is 2.37 bits per heavy atom. The van der Waals surface area contributed by atoms with Gasteiger partial charge in [0.05, 0.1) is 5.71 Å². The number of nitrogens with zero attached hydrogens (tertiary/aromatic N) is 1. The largest absolute Gasteiger partial charge is 0.489 e. The van der Waals surface area contributed by atoms with Gasteiger partial charge in [-0.2, -0.15) is 5.10 Å². The number of carbonyl (C=O) groups excluding carboxylic acids is 2. The van der Waals surface area contributed by atoms with E-state index in [4.69, 9.17) is 16.3 Å². The lowest BCUT2D eigenvalue weighted by Crippen LogP contribution is -2.32. The summed E-state index contributed by atoms with van der Waals surface area (Å²) in [7, 11) is 0.